The fourth-order valence-electron chi connectivity index (χ4n) is 2.66. The minimum absolute atomic E-state index is 0.216. The number of hydrogen-bond acceptors (Lipinski definition) is 3. The number of benzene rings is 3. The number of nitrogens with one attached hydrogen (secondary N) is 1. The van der Waals surface area contributed by atoms with Crippen molar-refractivity contribution < 1.29 is 4.79 Å². The van der Waals surface area contributed by atoms with Gasteiger partial charge in [-0.1, -0.05) is 41.4 Å². The van der Waals surface area contributed by atoms with Crippen LogP contribution in [0.2, 0.25) is 5.02 Å². The predicted octanol–water partition coefficient (Wildman–Crippen LogP) is 5.24. The van der Waals surface area contributed by atoms with Gasteiger partial charge in [-0.15, -0.1) is 10.2 Å². The largest absolute Gasteiger partial charge is 0.321 e. The number of carbonyl (C=O) groups is 1. The average Bonchev–Trinajstić information content (AvgIpc) is 3.05. The van der Waals surface area contributed by atoms with E-state index in [4.69, 9.17) is 11.6 Å². The summed E-state index contributed by atoms with van der Waals surface area (Å²) in [5, 5.41) is 12.3. The SMILES string of the molecule is Cc1ccc(-n2nc3cc(Cl)c(NC(=O)c4ccccc4I)cc3n2)cc1. The van der Waals surface area contributed by atoms with E-state index in [0.717, 1.165) is 9.26 Å². The smallest absolute Gasteiger partial charge is 0.256 e. The zero-order valence-corrected chi connectivity index (χ0v) is 17.2. The lowest BCUT2D eigenvalue weighted by atomic mass is 10.2. The van der Waals surface area contributed by atoms with Gasteiger partial charge in [0.15, 0.2) is 0 Å². The Hall–Kier alpha value is -2.45. The van der Waals surface area contributed by atoms with Gasteiger partial charge in [0.1, 0.15) is 11.0 Å². The Labute approximate surface area is 174 Å². The Morgan fingerprint density at radius 3 is 2.41 bits per heavy atom. The van der Waals surface area contributed by atoms with Crippen LogP contribution in [-0.2, 0) is 0 Å². The number of halogens is 2. The highest BCUT2D eigenvalue weighted by molar-refractivity contribution is 14.1. The Morgan fingerprint density at radius 1 is 1.04 bits per heavy atom. The first kappa shape index (κ1) is 17.9. The summed E-state index contributed by atoms with van der Waals surface area (Å²) in [6, 6.07) is 18.7. The first-order valence-corrected chi connectivity index (χ1v) is 9.66. The molecule has 0 atom stereocenters. The number of rotatable bonds is 3. The Bertz CT molecular complexity index is 1150. The van der Waals surface area contributed by atoms with Crippen LogP contribution in [0.3, 0.4) is 0 Å². The van der Waals surface area contributed by atoms with Gasteiger partial charge in [0.05, 0.1) is 22.0 Å². The number of carbonyl (C=O) groups excluding carboxylic acids is 1. The zero-order valence-electron chi connectivity index (χ0n) is 14.3. The Morgan fingerprint density at radius 2 is 1.70 bits per heavy atom. The second-order valence-electron chi connectivity index (χ2n) is 6.08. The van der Waals surface area contributed by atoms with E-state index in [2.05, 4.69) is 38.1 Å². The third-order valence-electron chi connectivity index (χ3n) is 4.10. The molecule has 4 aromatic rings. The van der Waals surface area contributed by atoms with E-state index >= 15 is 0 Å². The molecule has 0 fully saturated rings. The third kappa shape index (κ3) is 3.68. The van der Waals surface area contributed by atoms with E-state index in [0.29, 0.717) is 27.3 Å². The lowest BCUT2D eigenvalue weighted by molar-refractivity contribution is 0.102. The van der Waals surface area contributed by atoms with Crippen LogP contribution in [0.25, 0.3) is 16.7 Å². The lowest BCUT2D eigenvalue weighted by Crippen LogP contribution is -2.13. The summed E-state index contributed by atoms with van der Waals surface area (Å²) in [7, 11) is 0. The molecule has 5 nitrogen and oxygen atoms in total. The molecule has 0 saturated carbocycles. The molecule has 1 amide bonds. The first-order valence-electron chi connectivity index (χ1n) is 8.21. The molecule has 0 aliphatic heterocycles. The maximum atomic E-state index is 12.6. The molecule has 0 aliphatic rings. The minimum atomic E-state index is -0.216. The lowest BCUT2D eigenvalue weighted by Gasteiger charge is -2.08. The standard InChI is InChI=1S/C20H14ClIN4O/c1-12-6-8-13(9-7-12)26-24-18-10-15(21)17(11-19(18)25-26)23-20(27)14-4-2-3-5-16(14)22/h2-11H,1H3,(H,23,27). The quantitative estimate of drug-likeness (QED) is 0.401. The number of nitrogens with zero attached hydrogens (tertiary/aromatic N) is 3. The molecule has 27 heavy (non-hydrogen) atoms. The van der Waals surface area contributed by atoms with Gasteiger partial charge in [0, 0.05) is 3.57 Å². The van der Waals surface area contributed by atoms with Crippen molar-refractivity contribution in [2.24, 2.45) is 0 Å². The van der Waals surface area contributed by atoms with Gasteiger partial charge >= 0.3 is 0 Å². The maximum absolute atomic E-state index is 12.6. The van der Waals surface area contributed by atoms with Gasteiger partial charge in [-0.25, -0.2) is 0 Å². The van der Waals surface area contributed by atoms with Crippen LogP contribution in [0.1, 0.15) is 15.9 Å². The average molecular weight is 489 g/mol. The molecular weight excluding hydrogens is 475 g/mol. The molecule has 0 radical (unpaired) electrons. The van der Waals surface area contributed by atoms with Crippen LogP contribution < -0.4 is 5.32 Å². The van der Waals surface area contributed by atoms with E-state index in [1.54, 1.807) is 23.0 Å². The molecule has 134 valence electrons. The number of aryl methyl sites for hydroxylation is 1. The number of anilines is 1. The highest BCUT2D eigenvalue weighted by Crippen LogP contribution is 2.28. The summed E-state index contributed by atoms with van der Waals surface area (Å²) >= 11 is 8.49. The first-order chi connectivity index (χ1) is 13.0. The van der Waals surface area contributed by atoms with Crippen molar-refractivity contribution in [3.63, 3.8) is 0 Å². The van der Waals surface area contributed by atoms with Gasteiger partial charge < -0.3 is 5.32 Å². The predicted molar refractivity (Wildman–Crippen MR) is 116 cm³/mol. The van der Waals surface area contributed by atoms with Crippen LogP contribution >= 0.6 is 34.2 Å². The minimum Gasteiger partial charge on any atom is -0.321 e. The second kappa shape index (κ2) is 7.28. The zero-order chi connectivity index (χ0) is 19.0. The fraction of sp³-hybridized carbons (Fsp3) is 0.0500. The highest BCUT2D eigenvalue weighted by atomic mass is 127. The van der Waals surface area contributed by atoms with Gasteiger partial charge in [-0.2, -0.15) is 4.80 Å². The number of aromatic nitrogens is 3. The van der Waals surface area contributed by atoms with Crippen molar-refractivity contribution >= 4 is 56.8 Å². The van der Waals surface area contributed by atoms with Crippen molar-refractivity contribution in [1.82, 2.24) is 15.0 Å². The molecule has 7 heteroatoms. The molecular formula is C20H14ClIN4O. The molecule has 1 N–H and O–H groups in total. The summed E-state index contributed by atoms with van der Waals surface area (Å²) in [6.07, 6.45) is 0. The van der Waals surface area contributed by atoms with E-state index in [-0.39, 0.29) is 5.91 Å². The van der Waals surface area contributed by atoms with E-state index in [1.807, 2.05) is 49.4 Å². The Balaban J connectivity index is 1.68. The third-order valence-corrected chi connectivity index (χ3v) is 5.35. The van der Waals surface area contributed by atoms with Gasteiger partial charge in [-0.3, -0.25) is 4.79 Å². The van der Waals surface area contributed by atoms with Gasteiger partial charge in [-0.05, 0) is 65.9 Å². The maximum Gasteiger partial charge on any atom is 0.256 e. The monoisotopic (exact) mass is 488 g/mol. The molecule has 0 unspecified atom stereocenters. The van der Waals surface area contributed by atoms with Crippen LogP contribution in [0.15, 0.2) is 60.7 Å². The normalized spacial score (nSPS) is 10.9. The highest BCUT2D eigenvalue weighted by Gasteiger charge is 2.14. The molecule has 0 saturated heterocycles. The van der Waals surface area contributed by atoms with Crippen molar-refractivity contribution in [3.05, 3.63) is 80.4 Å². The summed E-state index contributed by atoms with van der Waals surface area (Å²) in [6.45, 7) is 2.03. The molecule has 1 heterocycles. The number of amides is 1. The molecule has 4 rings (SSSR count). The number of fused-ring (bicyclic) bond motifs is 1. The van der Waals surface area contributed by atoms with Crippen molar-refractivity contribution in [2.75, 3.05) is 5.32 Å². The molecule has 0 aliphatic carbocycles. The van der Waals surface area contributed by atoms with Crippen molar-refractivity contribution in [2.45, 2.75) is 6.92 Å². The molecule has 0 bridgehead atoms. The summed E-state index contributed by atoms with van der Waals surface area (Å²) in [4.78, 5) is 14.1. The van der Waals surface area contributed by atoms with Crippen LogP contribution in [-0.4, -0.2) is 20.9 Å². The van der Waals surface area contributed by atoms with Crippen molar-refractivity contribution in [3.8, 4) is 5.69 Å². The number of hydrogen-bond donors (Lipinski definition) is 1. The van der Waals surface area contributed by atoms with Crippen LogP contribution in [0, 0.1) is 10.5 Å². The molecule has 1 aromatic heterocycles. The molecule has 3 aromatic carbocycles. The topological polar surface area (TPSA) is 59.8 Å². The second-order valence-corrected chi connectivity index (χ2v) is 7.65. The molecule has 0 spiro atoms. The van der Waals surface area contributed by atoms with Crippen LogP contribution in [0.4, 0.5) is 5.69 Å². The van der Waals surface area contributed by atoms with E-state index in [9.17, 15) is 4.79 Å². The van der Waals surface area contributed by atoms with Gasteiger partial charge in [0.2, 0.25) is 0 Å². The Kier molecular flexibility index (Phi) is 4.84. The van der Waals surface area contributed by atoms with E-state index < -0.39 is 0 Å². The van der Waals surface area contributed by atoms with Gasteiger partial charge in [0.25, 0.3) is 5.91 Å². The summed E-state index contributed by atoms with van der Waals surface area (Å²) in [5.41, 5.74) is 4.43. The van der Waals surface area contributed by atoms with E-state index in [1.165, 1.54) is 5.56 Å². The van der Waals surface area contributed by atoms with Crippen molar-refractivity contribution in [1.29, 1.82) is 0 Å². The summed E-state index contributed by atoms with van der Waals surface area (Å²) < 4.78 is 0.870. The summed E-state index contributed by atoms with van der Waals surface area (Å²) in [5.74, 6) is -0.216. The van der Waals surface area contributed by atoms with Crippen LogP contribution in [0.5, 0.6) is 0 Å². The fourth-order valence-corrected chi connectivity index (χ4v) is 3.50.